The Morgan fingerprint density at radius 3 is 2.74 bits per heavy atom. The highest BCUT2D eigenvalue weighted by molar-refractivity contribution is 8.01. The second-order valence-corrected chi connectivity index (χ2v) is 8.63. The molecule has 1 aliphatic heterocycles. The average Bonchev–Trinajstić information content (AvgIpc) is 2.80. The number of hydrogen-bond donors (Lipinski definition) is 0. The lowest BCUT2D eigenvalue weighted by Gasteiger charge is -2.29. The molecule has 2 heterocycles. The number of Topliss-reactive ketones (excluding diaryl/α,β-unsaturated/α-hetero) is 1. The van der Waals surface area contributed by atoms with Gasteiger partial charge in [-0.1, -0.05) is 20.8 Å². The van der Waals surface area contributed by atoms with Gasteiger partial charge in [0.15, 0.2) is 5.78 Å². The van der Waals surface area contributed by atoms with E-state index in [0.29, 0.717) is 11.8 Å². The van der Waals surface area contributed by atoms with E-state index in [1.54, 1.807) is 11.3 Å². The zero-order valence-corrected chi connectivity index (χ0v) is 13.6. The Hall–Kier alpha value is -0.320. The van der Waals surface area contributed by atoms with Gasteiger partial charge < -0.3 is 0 Å². The molecule has 1 fully saturated rings. The van der Waals surface area contributed by atoms with Crippen molar-refractivity contribution >= 4 is 28.9 Å². The minimum Gasteiger partial charge on any atom is -0.296 e. The number of carbonyl (C=O) groups excluding carboxylic acids is 1. The highest BCUT2D eigenvalue weighted by atomic mass is 32.2. The van der Waals surface area contributed by atoms with Gasteiger partial charge >= 0.3 is 0 Å². The van der Waals surface area contributed by atoms with Crippen molar-refractivity contribution in [2.45, 2.75) is 43.1 Å². The SMILES string of the molecule is CC1CCN(CC(=O)c2ccc(SC(C)C)s2)CC1. The third-order valence-electron chi connectivity index (χ3n) is 3.45. The molecule has 0 atom stereocenters. The molecular weight excluding hydrogens is 274 g/mol. The molecule has 0 spiro atoms. The molecule has 2 nitrogen and oxygen atoms in total. The van der Waals surface area contributed by atoms with Crippen LogP contribution < -0.4 is 0 Å². The zero-order chi connectivity index (χ0) is 13.8. The first-order chi connectivity index (χ1) is 9.04. The Bertz CT molecular complexity index is 420. The van der Waals surface area contributed by atoms with Crippen molar-refractivity contribution in [2.75, 3.05) is 19.6 Å². The maximum absolute atomic E-state index is 12.3. The van der Waals surface area contributed by atoms with Crippen LogP contribution >= 0.6 is 23.1 Å². The Labute approximate surface area is 124 Å². The summed E-state index contributed by atoms with van der Waals surface area (Å²) in [5.41, 5.74) is 0. The predicted octanol–water partition coefficient (Wildman–Crippen LogP) is 4.16. The number of ketones is 1. The quantitative estimate of drug-likeness (QED) is 0.601. The lowest BCUT2D eigenvalue weighted by atomic mass is 9.99. The molecule has 0 saturated carbocycles. The van der Waals surface area contributed by atoms with Gasteiger partial charge in [0.2, 0.25) is 0 Å². The summed E-state index contributed by atoms with van der Waals surface area (Å²) in [6.07, 6.45) is 2.46. The Kier molecular flexibility index (Phi) is 5.48. The molecule has 2 rings (SSSR count). The monoisotopic (exact) mass is 297 g/mol. The minimum atomic E-state index is 0.287. The third-order valence-corrected chi connectivity index (χ3v) is 5.75. The Balaban J connectivity index is 1.87. The molecule has 0 aromatic carbocycles. The molecule has 0 unspecified atom stereocenters. The zero-order valence-electron chi connectivity index (χ0n) is 12.0. The van der Waals surface area contributed by atoms with Crippen LogP contribution in [0.5, 0.6) is 0 Å². The van der Waals surface area contributed by atoms with E-state index in [1.165, 1.54) is 17.1 Å². The highest BCUT2D eigenvalue weighted by Crippen LogP contribution is 2.30. The second kappa shape index (κ2) is 6.91. The van der Waals surface area contributed by atoms with E-state index in [2.05, 4.69) is 31.7 Å². The van der Waals surface area contributed by atoms with E-state index < -0.39 is 0 Å². The number of likely N-dealkylation sites (tertiary alicyclic amines) is 1. The number of thiophene rings is 1. The summed E-state index contributed by atoms with van der Waals surface area (Å²) in [5.74, 6) is 1.11. The maximum Gasteiger partial charge on any atom is 0.186 e. The van der Waals surface area contributed by atoms with Gasteiger partial charge in [0, 0.05) is 5.25 Å². The predicted molar refractivity (Wildman–Crippen MR) is 84.5 cm³/mol. The molecule has 1 aliphatic rings. The lowest BCUT2D eigenvalue weighted by Crippen LogP contribution is -2.36. The minimum absolute atomic E-state index is 0.287. The van der Waals surface area contributed by atoms with E-state index in [9.17, 15) is 4.79 Å². The van der Waals surface area contributed by atoms with Crippen molar-refractivity contribution in [1.29, 1.82) is 0 Å². The van der Waals surface area contributed by atoms with Crippen LogP contribution in [-0.4, -0.2) is 35.6 Å². The number of piperidine rings is 1. The molecule has 0 N–H and O–H groups in total. The van der Waals surface area contributed by atoms with Crippen molar-refractivity contribution in [2.24, 2.45) is 5.92 Å². The number of thioether (sulfide) groups is 1. The van der Waals surface area contributed by atoms with E-state index in [-0.39, 0.29) is 5.78 Å². The van der Waals surface area contributed by atoms with Crippen LogP contribution in [0, 0.1) is 5.92 Å². The number of nitrogens with zero attached hydrogens (tertiary/aromatic N) is 1. The van der Waals surface area contributed by atoms with Crippen molar-refractivity contribution < 1.29 is 4.79 Å². The summed E-state index contributed by atoms with van der Waals surface area (Å²) in [6.45, 7) is 9.41. The smallest absolute Gasteiger partial charge is 0.186 e. The van der Waals surface area contributed by atoms with Crippen LogP contribution in [0.1, 0.15) is 43.3 Å². The van der Waals surface area contributed by atoms with E-state index in [1.807, 2.05) is 17.8 Å². The molecule has 0 radical (unpaired) electrons. The fourth-order valence-electron chi connectivity index (χ4n) is 2.27. The van der Waals surface area contributed by atoms with Gasteiger partial charge in [-0.05, 0) is 44.0 Å². The number of rotatable bonds is 5. The van der Waals surface area contributed by atoms with Crippen molar-refractivity contribution in [3.05, 3.63) is 17.0 Å². The van der Waals surface area contributed by atoms with Crippen molar-refractivity contribution in [3.8, 4) is 0 Å². The normalized spacial score (nSPS) is 18.1. The standard InChI is InChI=1S/C15H23NOS2/c1-11(2)18-15-5-4-14(19-15)13(17)10-16-8-6-12(3)7-9-16/h4-5,11-12H,6-10H2,1-3H3. The van der Waals surface area contributed by atoms with Crippen molar-refractivity contribution in [1.82, 2.24) is 4.90 Å². The summed E-state index contributed by atoms with van der Waals surface area (Å²) in [6, 6.07) is 4.07. The van der Waals surface area contributed by atoms with Gasteiger partial charge in [-0.3, -0.25) is 9.69 Å². The van der Waals surface area contributed by atoms with Gasteiger partial charge in [0.1, 0.15) is 0 Å². The third kappa shape index (κ3) is 4.62. The largest absolute Gasteiger partial charge is 0.296 e. The van der Waals surface area contributed by atoms with E-state index >= 15 is 0 Å². The van der Waals surface area contributed by atoms with Crippen LogP contribution in [0.25, 0.3) is 0 Å². The molecule has 0 bridgehead atoms. The van der Waals surface area contributed by atoms with Crippen LogP contribution in [0.3, 0.4) is 0 Å². The topological polar surface area (TPSA) is 20.3 Å². The molecule has 106 valence electrons. The lowest BCUT2D eigenvalue weighted by molar-refractivity contribution is 0.0904. The van der Waals surface area contributed by atoms with Crippen LogP contribution in [0.15, 0.2) is 16.3 Å². The van der Waals surface area contributed by atoms with Gasteiger partial charge in [0.05, 0.1) is 15.6 Å². The first-order valence-corrected chi connectivity index (χ1v) is 8.76. The van der Waals surface area contributed by atoms with Crippen LogP contribution in [0.2, 0.25) is 0 Å². The first kappa shape index (κ1) is 15.1. The van der Waals surface area contributed by atoms with Gasteiger partial charge in [0.25, 0.3) is 0 Å². The Morgan fingerprint density at radius 2 is 2.11 bits per heavy atom. The van der Waals surface area contributed by atoms with Crippen LogP contribution in [0.4, 0.5) is 0 Å². The summed E-state index contributed by atoms with van der Waals surface area (Å²) in [5, 5.41) is 0.574. The van der Waals surface area contributed by atoms with Gasteiger partial charge in [-0.25, -0.2) is 0 Å². The second-order valence-electron chi connectivity index (χ2n) is 5.67. The maximum atomic E-state index is 12.3. The van der Waals surface area contributed by atoms with Crippen LogP contribution in [-0.2, 0) is 0 Å². The summed E-state index contributed by atoms with van der Waals surface area (Å²) < 4.78 is 1.26. The fraction of sp³-hybridized carbons (Fsp3) is 0.667. The molecule has 1 aromatic rings. The number of hydrogen-bond acceptors (Lipinski definition) is 4. The average molecular weight is 297 g/mol. The summed E-state index contributed by atoms with van der Waals surface area (Å²) >= 11 is 3.48. The fourth-order valence-corrected chi connectivity index (χ4v) is 4.58. The Morgan fingerprint density at radius 1 is 1.42 bits per heavy atom. The summed E-state index contributed by atoms with van der Waals surface area (Å²) in [7, 11) is 0. The molecule has 1 aromatic heterocycles. The van der Waals surface area contributed by atoms with Gasteiger partial charge in [-0.15, -0.1) is 23.1 Å². The van der Waals surface area contributed by atoms with E-state index in [4.69, 9.17) is 0 Å². The van der Waals surface area contributed by atoms with Crippen molar-refractivity contribution in [3.63, 3.8) is 0 Å². The molecule has 0 amide bonds. The molecule has 4 heteroatoms. The van der Waals surface area contributed by atoms with E-state index in [0.717, 1.165) is 23.9 Å². The first-order valence-electron chi connectivity index (χ1n) is 7.06. The molecule has 1 saturated heterocycles. The highest BCUT2D eigenvalue weighted by Gasteiger charge is 2.19. The molecular formula is C15H23NOS2. The van der Waals surface area contributed by atoms with Gasteiger partial charge in [-0.2, -0.15) is 0 Å². The molecule has 19 heavy (non-hydrogen) atoms. The summed E-state index contributed by atoms with van der Waals surface area (Å²) in [4.78, 5) is 15.5. The molecule has 0 aliphatic carbocycles. The number of carbonyl (C=O) groups is 1.